The maximum atomic E-state index is 14.0. The van der Waals surface area contributed by atoms with Crippen molar-refractivity contribution < 1.29 is 27.6 Å². The molecule has 0 saturated carbocycles. The Balaban J connectivity index is 1.50. The summed E-state index contributed by atoms with van der Waals surface area (Å²) in [5.74, 6) is -1.56. The number of rotatable bonds is 4. The molecule has 37 heavy (non-hydrogen) atoms. The number of anilines is 1. The highest BCUT2D eigenvalue weighted by molar-refractivity contribution is 6.07. The molecule has 3 amide bonds. The van der Waals surface area contributed by atoms with Crippen molar-refractivity contribution in [3.05, 3.63) is 64.7 Å². The molecule has 0 radical (unpaired) electrons. The van der Waals surface area contributed by atoms with Crippen LogP contribution < -0.4 is 5.32 Å². The second kappa shape index (κ2) is 8.61. The lowest BCUT2D eigenvalue weighted by molar-refractivity contribution is -0.138. The lowest BCUT2D eigenvalue weighted by Gasteiger charge is -2.33. The number of halogens is 3. The van der Waals surface area contributed by atoms with Crippen LogP contribution in [0.15, 0.2) is 42.5 Å². The molecule has 2 aromatic carbocycles. The van der Waals surface area contributed by atoms with Crippen LogP contribution in [0.25, 0.3) is 0 Å². The van der Waals surface area contributed by atoms with E-state index in [1.807, 2.05) is 13.8 Å². The van der Waals surface area contributed by atoms with Gasteiger partial charge in [-0.2, -0.15) is 18.4 Å². The first-order valence-corrected chi connectivity index (χ1v) is 12.1. The number of nitrogens with zero attached hydrogens (tertiary/aromatic N) is 3. The molecule has 1 spiro atoms. The molecule has 0 aliphatic carbocycles. The predicted molar refractivity (Wildman–Crippen MR) is 127 cm³/mol. The van der Waals surface area contributed by atoms with Crippen molar-refractivity contribution in [3.8, 4) is 6.07 Å². The molecule has 1 fully saturated rings. The zero-order valence-corrected chi connectivity index (χ0v) is 20.3. The minimum absolute atomic E-state index is 0.0513. The number of benzene rings is 2. The Labute approximate surface area is 211 Å². The monoisotopic (exact) mass is 510 g/mol. The Bertz CT molecular complexity index is 1350. The maximum Gasteiger partial charge on any atom is 0.416 e. The van der Waals surface area contributed by atoms with Crippen molar-refractivity contribution >= 4 is 23.4 Å². The second-order valence-electron chi connectivity index (χ2n) is 10.3. The highest BCUT2D eigenvalue weighted by Gasteiger charge is 2.57. The lowest BCUT2D eigenvalue weighted by Crippen LogP contribution is -2.51. The molecular formula is C27H25F3N4O3. The van der Waals surface area contributed by atoms with Crippen molar-refractivity contribution in [2.45, 2.75) is 56.9 Å². The van der Waals surface area contributed by atoms with Crippen molar-refractivity contribution in [1.82, 2.24) is 9.80 Å². The van der Waals surface area contributed by atoms with Gasteiger partial charge in [0.15, 0.2) is 0 Å². The molecule has 5 rings (SSSR count). The first-order valence-electron chi connectivity index (χ1n) is 12.1. The van der Waals surface area contributed by atoms with Gasteiger partial charge in [0.2, 0.25) is 11.8 Å². The standard InChI is InChI=1S/C27H25F3N4O3/c1-15(2)10-22(33-13-18-17(23(33)35)6-5-8-19(18)27(28,29)30)24(36)34-14-26(11-16(34)12-31)20-7-3-4-9-21(20)32-25(26)37/h3-9,15-16,22H,10-11,13-14H2,1-2H3,(H,32,37)/t16-,22-,26-/m0/s1. The van der Waals surface area contributed by atoms with Gasteiger partial charge < -0.3 is 15.1 Å². The van der Waals surface area contributed by atoms with Crippen LogP contribution in [0.2, 0.25) is 0 Å². The van der Waals surface area contributed by atoms with Gasteiger partial charge in [-0.1, -0.05) is 38.1 Å². The molecular weight excluding hydrogens is 485 g/mol. The number of hydrogen-bond acceptors (Lipinski definition) is 4. The number of hydrogen-bond donors (Lipinski definition) is 1. The molecule has 2 aromatic rings. The number of carbonyl (C=O) groups excluding carboxylic acids is 3. The summed E-state index contributed by atoms with van der Waals surface area (Å²) in [5.41, 5.74) is -0.893. The van der Waals surface area contributed by atoms with E-state index in [0.717, 1.165) is 6.07 Å². The van der Waals surface area contributed by atoms with Crippen LogP contribution in [0, 0.1) is 17.2 Å². The van der Waals surface area contributed by atoms with Gasteiger partial charge in [0.25, 0.3) is 5.91 Å². The molecule has 7 nitrogen and oxygen atoms in total. The summed E-state index contributed by atoms with van der Waals surface area (Å²) in [7, 11) is 0. The first kappa shape index (κ1) is 24.8. The fraction of sp³-hybridized carbons (Fsp3) is 0.407. The van der Waals surface area contributed by atoms with Gasteiger partial charge in [-0.3, -0.25) is 14.4 Å². The van der Waals surface area contributed by atoms with Gasteiger partial charge in [0.05, 0.1) is 17.0 Å². The lowest BCUT2D eigenvalue weighted by atomic mass is 9.80. The van der Waals surface area contributed by atoms with Crippen molar-refractivity contribution in [2.24, 2.45) is 5.92 Å². The highest BCUT2D eigenvalue weighted by Crippen LogP contribution is 2.47. The quantitative estimate of drug-likeness (QED) is 0.671. The number of amides is 3. The number of alkyl halides is 3. The minimum atomic E-state index is -4.64. The largest absolute Gasteiger partial charge is 0.416 e. The second-order valence-corrected chi connectivity index (χ2v) is 10.3. The highest BCUT2D eigenvalue weighted by atomic mass is 19.4. The molecule has 1 saturated heterocycles. The van der Waals surface area contributed by atoms with E-state index < -0.39 is 41.1 Å². The van der Waals surface area contributed by atoms with Crippen molar-refractivity contribution in [1.29, 1.82) is 5.26 Å². The van der Waals surface area contributed by atoms with Crippen LogP contribution in [0.5, 0.6) is 0 Å². The third-order valence-electron chi connectivity index (χ3n) is 7.57. The van der Waals surface area contributed by atoms with E-state index in [9.17, 15) is 32.8 Å². The van der Waals surface area contributed by atoms with Crippen LogP contribution in [0.1, 0.15) is 53.7 Å². The van der Waals surface area contributed by atoms with Crippen molar-refractivity contribution in [2.75, 3.05) is 11.9 Å². The molecule has 0 unspecified atom stereocenters. The molecule has 10 heteroatoms. The number of nitriles is 1. The van der Waals surface area contributed by atoms with Gasteiger partial charge >= 0.3 is 6.18 Å². The van der Waals surface area contributed by atoms with Crippen LogP contribution in [-0.4, -0.2) is 46.1 Å². The third-order valence-corrected chi connectivity index (χ3v) is 7.57. The normalized spacial score (nSPS) is 23.3. The Hall–Kier alpha value is -3.87. The van der Waals surface area contributed by atoms with Crippen molar-refractivity contribution in [3.63, 3.8) is 0 Å². The number of nitrogens with one attached hydrogen (secondary N) is 1. The van der Waals surface area contributed by atoms with Crippen LogP contribution in [-0.2, 0) is 27.7 Å². The summed E-state index contributed by atoms with van der Waals surface area (Å²) in [6, 6.07) is 10.7. The Kier molecular flexibility index (Phi) is 5.77. The van der Waals surface area contributed by atoms with E-state index in [2.05, 4.69) is 11.4 Å². The molecule has 1 N–H and O–H groups in total. The maximum absolute atomic E-state index is 14.0. The summed E-state index contributed by atoms with van der Waals surface area (Å²) in [5, 5.41) is 12.8. The summed E-state index contributed by atoms with van der Waals surface area (Å²) in [4.78, 5) is 42.9. The van der Waals surface area contributed by atoms with E-state index in [4.69, 9.17) is 0 Å². The SMILES string of the molecule is CC(C)C[C@@H](C(=O)N1C[C@]2(C[C@H]1C#N)C(=O)Nc1ccccc12)N1Cc2c(cccc2C(F)(F)F)C1=O. The third kappa shape index (κ3) is 3.84. The molecule has 3 aliphatic heterocycles. The van der Waals surface area contributed by atoms with Crippen LogP contribution in [0.3, 0.4) is 0 Å². The first-order chi connectivity index (χ1) is 17.5. The number of carbonyl (C=O) groups is 3. The minimum Gasteiger partial charge on any atom is -0.325 e. The van der Waals surface area contributed by atoms with E-state index >= 15 is 0 Å². The van der Waals surface area contributed by atoms with Gasteiger partial charge in [0.1, 0.15) is 12.1 Å². The fourth-order valence-corrected chi connectivity index (χ4v) is 5.86. The van der Waals surface area contributed by atoms with E-state index in [1.54, 1.807) is 24.3 Å². The molecule has 0 aromatic heterocycles. The van der Waals surface area contributed by atoms with Gasteiger partial charge in [-0.25, -0.2) is 0 Å². The average Bonchev–Trinajstić information content (AvgIpc) is 3.49. The summed E-state index contributed by atoms with van der Waals surface area (Å²) >= 11 is 0. The number of fused-ring (bicyclic) bond motifs is 3. The Morgan fingerprint density at radius 1 is 1.19 bits per heavy atom. The zero-order valence-electron chi connectivity index (χ0n) is 20.3. The summed E-state index contributed by atoms with van der Waals surface area (Å²) in [6.07, 6.45) is -4.35. The van der Waals surface area contributed by atoms with Gasteiger partial charge in [-0.05, 0) is 41.7 Å². The van der Waals surface area contributed by atoms with Crippen LogP contribution in [0.4, 0.5) is 18.9 Å². The van der Waals surface area contributed by atoms with E-state index in [-0.39, 0.29) is 48.9 Å². The molecule has 3 heterocycles. The summed E-state index contributed by atoms with van der Waals surface area (Å²) < 4.78 is 41.0. The molecule has 192 valence electrons. The predicted octanol–water partition coefficient (Wildman–Crippen LogP) is 4.09. The van der Waals surface area contributed by atoms with Gasteiger partial charge in [0, 0.05) is 30.8 Å². The molecule has 0 bridgehead atoms. The smallest absolute Gasteiger partial charge is 0.325 e. The van der Waals surface area contributed by atoms with E-state index in [0.29, 0.717) is 11.3 Å². The molecule has 3 atom stereocenters. The summed E-state index contributed by atoms with van der Waals surface area (Å²) in [6.45, 7) is 3.29. The van der Waals surface area contributed by atoms with Crippen LogP contribution >= 0.6 is 0 Å². The Morgan fingerprint density at radius 3 is 2.59 bits per heavy atom. The van der Waals surface area contributed by atoms with E-state index in [1.165, 1.54) is 21.9 Å². The average molecular weight is 511 g/mol. The number of para-hydroxylation sites is 1. The Morgan fingerprint density at radius 2 is 1.92 bits per heavy atom. The zero-order chi connectivity index (χ0) is 26.7. The fourth-order valence-electron chi connectivity index (χ4n) is 5.86. The van der Waals surface area contributed by atoms with Gasteiger partial charge in [-0.15, -0.1) is 0 Å². The molecule has 3 aliphatic rings. The number of likely N-dealkylation sites (tertiary alicyclic amines) is 1. The topological polar surface area (TPSA) is 93.5 Å².